The normalized spacial score (nSPS) is 10.4. The molecule has 0 bridgehead atoms. The smallest absolute Gasteiger partial charge is 0.336 e. The zero-order chi connectivity index (χ0) is 14.9. The lowest BCUT2D eigenvalue weighted by Crippen LogP contribution is -2.17. The molecule has 1 N–H and O–H groups in total. The number of carbonyl (C=O) groups is 1. The van der Waals surface area contributed by atoms with Crippen molar-refractivity contribution in [3.63, 3.8) is 0 Å². The molecule has 1 aromatic heterocycles. The second-order valence-corrected chi connectivity index (χ2v) is 4.26. The zero-order valence-electron chi connectivity index (χ0n) is 10.8. The van der Waals surface area contributed by atoms with Gasteiger partial charge in [0.05, 0.1) is 5.56 Å². The van der Waals surface area contributed by atoms with E-state index in [9.17, 15) is 18.4 Å². The first-order chi connectivity index (χ1) is 9.38. The van der Waals surface area contributed by atoms with Crippen molar-refractivity contribution in [2.45, 2.75) is 13.8 Å². The van der Waals surface area contributed by atoms with E-state index in [-0.39, 0.29) is 17.0 Å². The Labute approximate surface area is 113 Å². The van der Waals surface area contributed by atoms with Crippen molar-refractivity contribution >= 4 is 11.6 Å². The molecule has 20 heavy (non-hydrogen) atoms. The molecule has 104 valence electrons. The Bertz CT molecular complexity index is 711. The van der Waals surface area contributed by atoms with Crippen molar-refractivity contribution in [2.75, 3.05) is 5.32 Å². The van der Waals surface area contributed by atoms with Gasteiger partial charge in [-0.1, -0.05) is 0 Å². The predicted molar refractivity (Wildman–Crippen MR) is 68.8 cm³/mol. The van der Waals surface area contributed by atoms with E-state index in [1.165, 1.54) is 19.1 Å². The van der Waals surface area contributed by atoms with Gasteiger partial charge in [-0.25, -0.2) is 13.6 Å². The highest BCUT2D eigenvalue weighted by molar-refractivity contribution is 6.05. The van der Waals surface area contributed by atoms with E-state index in [0.717, 1.165) is 12.1 Å². The topological polar surface area (TPSA) is 59.3 Å². The van der Waals surface area contributed by atoms with Crippen LogP contribution in [0.25, 0.3) is 0 Å². The molecule has 0 aliphatic carbocycles. The van der Waals surface area contributed by atoms with Crippen LogP contribution in [0.3, 0.4) is 0 Å². The average molecular weight is 279 g/mol. The largest absolute Gasteiger partial charge is 0.427 e. The van der Waals surface area contributed by atoms with Crippen LogP contribution in [0.4, 0.5) is 14.5 Å². The summed E-state index contributed by atoms with van der Waals surface area (Å²) >= 11 is 0. The maximum Gasteiger partial charge on any atom is 0.336 e. The molecule has 2 aromatic rings. The Morgan fingerprint density at radius 1 is 1.15 bits per heavy atom. The van der Waals surface area contributed by atoms with Crippen LogP contribution >= 0.6 is 0 Å². The Balaban J connectivity index is 2.33. The summed E-state index contributed by atoms with van der Waals surface area (Å²) in [7, 11) is 0. The minimum atomic E-state index is -1.06. The van der Waals surface area contributed by atoms with E-state index in [4.69, 9.17) is 4.42 Å². The van der Waals surface area contributed by atoms with Crippen molar-refractivity contribution < 1.29 is 18.0 Å². The lowest BCUT2D eigenvalue weighted by Gasteiger charge is -2.09. The van der Waals surface area contributed by atoms with E-state index in [2.05, 4.69) is 5.32 Å². The Morgan fingerprint density at radius 3 is 2.45 bits per heavy atom. The van der Waals surface area contributed by atoms with Gasteiger partial charge in [0, 0.05) is 17.8 Å². The molecular formula is C14H11F2NO3. The number of anilines is 1. The summed E-state index contributed by atoms with van der Waals surface area (Å²) in [5.74, 6) is -2.46. The first-order valence-corrected chi connectivity index (χ1v) is 5.76. The van der Waals surface area contributed by atoms with Gasteiger partial charge in [0.15, 0.2) is 11.6 Å². The summed E-state index contributed by atoms with van der Waals surface area (Å²) in [5, 5.41) is 2.42. The fourth-order valence-electron chi connectivity index (χ4n) is 1.86. The van der Waals surface area contributed by atoms with Crippen molar-refractivity contribution in [2.24, 2.45) is 0 Å². The van der Waals surface area contributed by atoms with Crippen LogP contribution in [0.2, 0.25) is 0 Å². The number of aryl methyl sites for hydroxylation is 2. The Morgan fingerprint density at radius 2 is 1.85 bits per heavy atom. The average Bonchev–Trinajstić information content (AvgIpc) is 2.32. The van der Waals surface area contributed by atoms with E-state index in [0.29, 0.717) is 5.56 Å². The van der Waals surface area contributed by atoms with Gasteiger partial charge in [0.2, 0.25) is 0 Å². The van der Waals surface area contributed by atoms with Gasteiger partial charge in [0.1, 0.15) is 5.76 Å². The number of hydrogen-bond acceptors (Lipinski definition) is 3. The van der Waals surface area contributed by atoms with E-state index >= 15 is 0 Å². The minimum absolute atomic E-state index is 0.110. The molecule has 0 spiro atoms. The Kier molecular flexibility index (Phi) is 3.65. The molecule has 0 atom stereocenters. The maximum atomic E-state index is 13.1. The molecule has 0 radical (unpaired) electrons. The number of nitrogens with one attached hydrogen (secondary N) is 1. The zero-order valence-corrected chi connectivity index (χ0v) is 10.8. The van der Waals surface area contributed by atoms with Gasteiger partial charge in [-0.05, 0) is 31.5 Å². The molecule has 1 heterocycles. The number of benzene rings is 1. The number of halogens is 2. The Hall–Kier alpha value is -2.50. The molecular weight excluding hydrogens is 268 g/mol. The van der Waals surface area contributed by atoms with Gasteiger partial charge in [-0.15, -0.1) is 0 Å². The lowest BCUT2D eigenvalue weighted by atomic mass is 10.1. The highest BCUT2D eigenvalue weighted by Crippen LogP contribution is 2.17. The van der Waals surface area contributed by atoms with Crippen LogP contribution in [0.1, 0.15) is 21.7 Å². The number of carbonyl (C=O) groups excluding carboxylic acids is 1. The van der Waals surface area contributed by atoms with Gasteiger partial charge in [0.25, 0.3) is 5.91 Å². The molecule has 0 saturated heterocycles. The molecule has 1 amide bonds. The fraction of sp³-hybridized carbons (Fsp3) is 0.143. The third-order valence-corrected chi connectivity index (χ3v) is 2.74. The second-order valence-electron chi connectivity index (χ2n) is 4.26. The highest BCUT2D eigenvalue weighted by atomic mass is 19.2. The summed E-state index contributed by atoms with van der Waals surface area (Å²) in [4.78, 5) is 23.2. The summed E-state index contributed by atoms with van der Waals surface area (Å²) in [6.45, 7) is 3.07. The van der Waals surface area contributed by atoms with Crippen molar-refractivity contribution in [3.05, 3.63) is 63.2 Å². The van der Waals surface area contributed by atoms with Crippen LogP contribution < -0.4 is 10.9 Å². The molecule has 0 unspecified atom stereocenters. The summed E-state index contributed by atoms with van der Waals surface area (Å²) in [6.07, 6.45) is 0. The van der Waals surface area contributed by atoms with E-state index in [1.54, 1.807) is 6.92 Å². The first kappa shape index (κ1) is 13.9. The van der Waals surface area contributed by atoms with Gasteiger partial charge in [-0.2, -0.15) is 0 Å². The van der Waals surface area contributed by atoms with Crippen LogP contribution in [-0.4, -0.2) is 5.91 Å². The quantitative estimate of drug-likeness (QED) is 0.919. The maximum absolute atomic E-state index is 13.1. The molecule has 0 aliphatic rings. The highest BCUT2D eigenvalue weighted by Gasteiger charge is 2.16. The second kappa shape index (κ2) is 5.24. The van der Waals surface area contributed by atoms with Gasteiger partial charge >= 0.3 is 5.63 Å². The number of rotatable bonds is 2. The minimum Gasteiger partial charge on any atom is -0.427 e. The molecule has 0 aliphatic heterocycles. The summed E-state index contributed by atoms with van der Waals surface area (Å²) in [5.41, 5.74) is 0.191. The standard InChI is InChI=1S/C14H11F2NO3/c1-7-5-12(18)20-8(2)13(7)14(19)17-9-3-4-10(15)11(16)6-9/h3-6H,1-2H3,(H,17,19). The molecule has 0 fully saturated rings. The summed E-state index contributed by atoms with van der Waals surface area (Å²) < 4.78 is 30.7. The third kappa shape index (κ3) is 2.74. The molecule has 4 nitrogen and oxygen atoms in total. The molecule has 2 rings (SSSR count). The first-order valence-electron chi connectivity index (χ1n) is 5.76. The van der Waals surface area contributed by atoms with Gasteiger partial charge < -0.3 is 9.73 Å². The summed E-state index contributed by atoms with van der Waals surface area (Å²) in [6, 6.07) is 4.21. The van der Waals surface area contributed by atoms with Gasteiger partial charge in [-0.3, -0.25) is 4.79 Å². The van der Waals surface area contributed by atoms with Crippen molar-refractivity contribution in [3.8, 4) is 0 Å². The SMILES string of the molecule is Cc1cc(=O)oc(C)c1C(=O)Nc1ccc(F)c(F)c1. The van der Waals surface area contributed by atoms with Crippen LogP contribution in [0, 0.1) is 25.5 Å². The van der Waals surface area contributed by atoms with Crippen LogP contribution in [-0.2, 0) is 0 Å². The predicted octanol–water partition coefficient (Wildman–Crippen LogP) is 2.79. The van der Waals surface area contributed by atoms with Crippen LogP contribution in [0.5, 0.6) is 0 Å². The van der Waals surface area contributed by atoms with Crippen LogP contribution in [0.15, 0.2) is 33.5 Å². The van der Waals surface area contributed by atoms with Crippen molar-refractivity contribution in [1.82, 2.24) is 0 Å². The van der Waals surface area contributed by atoms with E-state index in [1.807, 2.05) is 0 Å². The lowest BCUT2D eigenvalue weighted by molar-refractivity contribution is 0.102. The van der Waals surface area contributed by atoms with E-state index < -0.39 is 23.2 Å². The fourth-order valence-corrected chi connectivity index (χ4v) is 1.86. The van der Waals surface area contributed by atoms with Crippen molar-refractivity contribution in [1.29, 1.82) is 0 Å². The third-order valence-electron chi connectivity index (χ3n) is 2.74. The molecule has 0 saturated carbocycles. The number of hydrogen-bond donors (Lipinski definition) is 1. The number of amides is 1. The molecule has 6 heteroatoms. The molecule has 1 aromatic carbocycles. The monoisotopic (exact) mass is 279 g/mol.